The molecule has 3 fully saturated rings. The van der Waals surface area contributed by atoms with E-state index in [-0.39, 0.29) is 36.3 Å². The molecule has 0 radical (unpaired) electrons. The molecule has 12 nitrogen and oxygen atoms in total. The SMILES string of the molecule is CCOc1cc(C(=O)OC)c(C2CC2)cc1CN1CCC2(CC1)CC(=O)N(c1ccc(C(=O)NCCNC(CO)(CO)CO)cc1)C2. The Morgan fingerprint density at radius 2 is 1.70 bits per heavy atom. The van der Waals surface area contributed by atoms with Gasteiger partial charge in [-0.3, -0.25) is 14.5 Å². The maximum absolute atomic E-state index is 13.2. The molecule has 47 heavy (non-hydrogen) atoms. The van der Waals surface area contributed by atoms with Crippen LogP contribution in [0.3, 0.4) is 0 Å². The number of nitrogens with one attached hydrogen (secondary N) is 2. The lowest BCUT2D eigenvalue weighted by atomic mass is 9.77. The van der Waals surface area contributed by atoms with Crippen LogP contribution in [0.2, 0.25) is 0 Å². The van der Waals surface area contributed by atoms with Crippen molar-refractivity contribution < 1.29 is 39.2 Å². The number of aliphatic hydroxyl groups is 3. The first kappa shape index (κ1) is 34.8. The van der Waals surface area contributed by atoms with Gasteiger partial charge in [-0.2, -0.15) is 0 Å². The van der Waals surface area contributed by atoms with Gasteiger partial charge in [0.25, 0.3) is 5.91 Å². The number of likely N-dealkylation sites (tertiary alicyclic amines) is 1. The Hall–Kier alpha value is -3.55. The second-order valence-corrected chi connectivity index (χ2v) is 13.2. The molecule has 2 saturated heterocycles. The maximum atomic E-state index is 13.2. The first-order valence-corrected chi connectivity index (χ1v) is 16.6. The fraction of sp³-hybridized carbons (Fsp3) is 0.571. The van der Waals surface area contributed by atoms with E-state index in [0.717, 1.165) is 67.9 Å². The van der Waals surface area contributed by atoms with Gasteiger partial charge in [-0.05, 0) is 99.0 Å². The number of amides is 2. The number of hydrogen-bond acceptors (Lipinski definition) is 10. The Morgan fingerprint density at radius 1 is 1.02 bits per heavy atom. The van der Waals surface area contributed by atoms with Gasteiger partial charge in [0, 0.05) is 49.4 Å². The van der Waals surface area contributed by atoms with Crippen molar-refractivity contribution in [2.24, 2.45) is 5.41 Å². The molecule has 12 heteroatoms. The monoisotopic (exact) mass is 652 g/mol. The molecular formula is C35H48N4O8. The molecule has 2 aromatic carbocycles. The van der Waals surface area contributed by atoms with Crippen molar-refractivity contribution in [1.82, 2.24) is 15.5 Å². The summed E-state index contributed by atoms with van der Waals surface area (Å²) in [5.74, 6) is 0.594. The minimum absolute atomic E-state index is 0.0907. The van der Waals surface area contributed by atoms with Gasteiger partial charge in [-0.25, -0.2) is 4.79 Å². The standard InChI is InChI=1S/C35H48N4O8/c1-3-47-30-17-29(33(45)46-2)28(24-4-5-24)16-26(30)19-38-14-10-34(11-15-38)18-31(43)39(20-34)27-8-6-25(7-9-27)32(44)36-12-13-37-35(21-40,22-41)23-42/h6-9,16-17,24,37,40-42H,3-5,10-15,18-23H2,1-2H3,(H,36,44). The van der Waals surface area contributed by atoms with Crippen molar-refractivity contribution in [3.63, 3.8) is 0 Å². The zero-order chi connectivity index (χ0) is 33.6. The summed E-state index contributed by atoms with van der Waals surface area (Å²) >= 11 is 0. The minimum atomic E-state index is -1.20. The van der Waals surface area contributed by atoms with E-state index < -0.39 is 25.4 Å². The van der Waals surface area contributed by atoms with Crippen LogP contribution in [0.25, 0.3) is 0 Å². The molecule has 2 aromatic rings. The van der Waals surface area contributed by atoms with E-state index in [9.17, 15) is 29.7 Å². The zero-order valence-electron chi connectivity index (χ0n) is 27.4. The van der Waals surface area contributed by atoms with Crippen LogP contribution in [0.5, 0.6) is 5.75 Å². The molecule has 0 atom stereocenters. The number of benzene rings is 2. The molecule has 0 aromatic heterocycles. The molecule has 5 N–H and O–H groups in total. The Balaban J connectivity index is 1.16. The minimum Gasteiger partial charge on any atom is -0.494 e. The van der Waals surface area contributed by atoms with Crippen LogP contribution in [0.15, 0.2) is 36.4 Å². The molecule has 1 saturated carbocycles. The number of ether oxygens (including phenoxy) is 2. The van der Waals surface area contributed by atoms with Crippen molar-refractivity contribution in [2.45, 2.75) is 57.0 Å². The van der Waals surface area contributed by atoms with Gasteiger partial charge in [0.05, 0.1) is 44.6 Å². The van der Waals surface area contributed by atoms with Crippen molar-refractivity contribution in [3.05, 3.63) is 58.7 Å². The van der Waals surface area contributed by atoms with Crippen molar-refractivity contribution in [3.8, 4) is 5.75 Å². The van der Waals surface area contributed by atoms with Crippen molar-refractivity contribution in [1.29, 1.82) is 0 Å². The Bertz CT molecular complexity index is 1410. The van der Waals surface area contributed by atoms with E-state index in [1.807, 2.05) is 17.9 Å². The lowest BCUT2D eigenvalue weighted by Crippen LogP contribution is -2.56. The van der Waals surface area contributed by atoms with Gasteiger partial charge in [-0.15, -0.1) is 0 Å². The summed E-state index contributed by atoms with van der Waals surface area (Å²) in [4.78, 5) is 42.6. The Labute approximate surface area is 276 Å². The van der Waals surface area contributed by atoms with E-state index in [4.69, 9.17) is 9.47 Å². The number of esters is 1. The molecule has 1 aliphatic carbocycles. The molecule has 0 bridgehead atoms. The first-order valence-electron chi connectivity index (χ1n) is 16.6. The van der Waals surface area contributed by atoms with Crippen LogP contribution < -0.4 is 20.3 Å². The Kier molecular flexibility index (Phi) is 11.2. The highest BCUT2D eigenvalue weighted by atomic mass is 16.5. The number of carbonyl (C=O) groups is 3. The van der Waals surface area contributed by atoms with Gasteiger partial charge >= 0.3 is 5.97 Å². The quantitative estimate of drug-likeness (QED) is 0.142. The number of piperidine rings is 1. The number of carbonyl (C=O) groups excluding carboxylic acids is 3. The highest BCUT2D eigenvalue weighted by molar-refractivity contribution is 5.98. The van der Waals surface area contributed by atoms with E-state index >= 15 is 0 Å². The third-order valence-electron chi connectivity index (χ3n) is 9.85. The summed E-state index contributed by atoms with van der Waals surface area (Å²) in [6.45, 7) is 4.70. The average Bonchev–Trinajstić information content (AvgIpc) is 3.89. The predicted molar refractivity (Wildman–Crippen MR) is 176 cm³/mol. The number of hydrogen-bond donors (Lipinski definition) is 5. The maximum Gasteiger partial charge on any atom is 0.338 e. The van der Waals surface area contributed by atoms with E-state index in [0.29, 0.717) is 36.6 Å². The van der Waals surface area contributed by atoms with Crippen LogP contribution in [-0.2, 0) is 16.1 Å². The van der Waals surface area contributed by atoms with E-state index in [1.165, 1.54) is 7.11 Å². The molecule has 2 amide bonds. The fourth-order valence-electron chi connectivity index (χ4n) is 6.68. The van der Waals surface area contributed by atoms with Crippen LogP contribution in [-0.4, -0.2) is 110 Å². The topological polar surface area (TPSA) is 161 Å². The van der Waals surface area contributed by atoms with Crippen LogP contribution >= 0.6 is 0 Å². The number of anilines is 1. The number of rotatable bonds is 15. The number of nitrogens with zero attached hydrogens (tertiary/aromatic N) is 2. The molecule has 256 valence electrons. The molecule has 2 heterocycles. The third kappa shape index (κ3) is 7.95. The summed E-state index contributed by atoms with van der Waals surface area (Å²) in [5, 5.41) is 33.9. The molecule has 1 spiro atoms. The van der Waals surface area contributed by atoms with Crippen molar-refractivity contribution in [2.75, 3.05) is 71.2 Å². The molecular weight excluding hydrogens is 604 g/mol. The normalized spacial score (nSPS) is 18.1. The van der Waals surface area contributed by atoms with Crippen molar-refractivity contribution >= 4 is 23.5 Å². The summed E-state index contributed by atoms with van der Waals surface area (Å²) in [7, 11) is 1.41. The predicted octanol–water partition coefficient (Wildman–Crippen LogP) is 1.80. The second-order valence-electron chi connectivity index (χ2n) is 13.2. The van der Waals surface area contributed by atoms with Crippen LogP contribution in [0.4, 0.5) is 5.69 Å². The van der Waals surface area contributed by atoms with Crippen LogP contribution in [0.1, 0.15) is 76.8 Å². The summed E-state index contributed by atoms with van der Waals surface area (Å²) in [6.07, 6.45) is 4.44. The lowest BCUT2D eigenvalue weighted by molar-refractivity contribution is -0.118. The van der Waals surface area contributed by atoms with Gasteiger partial charge in [0.1, 0.15) is 5.75 Å². The smallest absolute Gasteiger partial charge is 0.338 e. The fourth-order valence-corrected chi connectivity index (χ4v) is 6.68. The highest BCUT2D eigenvalue weighted by Gasteiger charge is 2.45. The van der Waals surface area contributed by atoms with Gasteiger partial charge in [0.2, 0.25) is 5.91 Å². The first-order chi connectivity index (χ1) is 22.7. The summed E-state index contributed by atoms with van der Waals surface area (Å²) < 4.78 is 11.0. The third-order valence-corrected chi connectivity index (χ3v) is 9.85. The Morgan fingerprint density at radius 3 is 2.30 bits per heavy atom. The van der Waals surface area contributed by atoms with Gasteiger partial charge < -0.3 is 40.3 Å². The largest absolute Gasteiger partial charge is 0.494 e. The van der Waals surface area contributed by atoms with Crippen LogP contribution in [0, 0.1) is 5.41 Å². The average molecular weight is 653 g/mol. The molecule has 2 aliphatic heterocycles. The van der Waals surface area contributed by atoms with Gasteiger partial charge in [-0.1, -0.05) is 0 Å². The van der Waals surface area contributed by atoms with E-state index in [1.54, 1.807) is 24.3 Å². The van der Waals surface area contributed by atoms with Gasteiger partial charge in [0.15, 0.2) is 0 Å². The molecule has 3 aliphatic rings. The second kappa shape index (κ2) is 15.1. The number of aliphatic hydroxyl groups excluding tert-OH is 3. The zero-order valence-corrected chi connectivity index (χ0v) is 27.4. The lowest BCUT2D eigenvalue weighted by Gasteiger charge is -2.39. The summed E-state index contributed by atoms with van der Waals surface area (Å²) in [5.41, 5.74) is 2.65. The number of methoxy groups -OCH3 is 1. The highest BCUT2D eigenvalue weighted by Crippen LogP contribution is 2.45. The van der Waals surface area contributed by atoms with E-state index in [2.05, 4.69) is 21.6 Å². The summed E-state index contributed by atoms with van der Waals surface area (Å²) in [6, 6.07) is 11.0. The molecule has 0 unspecified atom stereocenters. The molecule has 5 rings (SSSR count).